The molecule has 0 saturated carbocycles. The molecule has 1 atom stereocenters. The van der Waals surface area contributed by atoms with Gasteiger partial charge in [0.25, 0.3) is 11.5 Å². The van der Waals surface area contributed by atoms with Crippen LogP contribution in [-0.4, -0.2) is 54.9 Å². The molecule has 0 aliphatic carbocycles. The smallest absolute Gasteiger partial charge is 0.256 e. The predicted molar refractivity (Wildman–Crippen MR) is 142 cm³/mol. The lowest BCUT2D eigenvalue weighted by atomic mass is 9.74. The molecule has 3 N–H and O–H groups in total. The molecule has 1 aliphatic rings. The quantitative estimate of drug-likeness (QED) is 0.475. The second kappa shape index (κ2) is 9.84. The van der Waals surface area contributed by atoms with Crippen molar-refractivity contribution in [1.82, 2.24) is 29.8 Å². The molecule has 37 heavy (non-hydrogen) atoms. The molecule has 2 aromatic heterocycles. The van der Waals surface area contributed by atoms with E-state index in [1.54, 1.807) is 18.5 Å². The van der Waals surface area contributed by atoms with Crippen LogP contribution in [-0.2, 0) is 17.9 Å². The average Bonchev–Trinajstić information content (AvgIpc) is 3.27. The number of nitrogens with zero attached hydrogens (tertiary/aromatic N) is 5. The molecular formula is C27H35N7O3. The number of anilines is 1. The van der Waals surface area contributed by atoms with E-state index in [-0.39, 0.29) is 41.4 Å². The highest BCUT2D eigenvalue weighted by Gasteiger charge is 2.49. The van der Waals surface area contributed by atoms with E-state index in [1.807, 2.05) is 49.2 Å². The summed E-state index contributed by atoms with van der Waals surface area (Å²) in [5, 5.41) is 11.4. The fraction of sp³-hybridized carbons (Fsp3) is 0.444. The first-order valence-electron chi connectivity index (χ1n) is 12.4. The van der Waals surface area contributed by atoms with Crippen LogP contribution < -0.4 is 16.6 Å². The highest BCUT2D eigenvalue weighted by atomic mass is 16.2. The maximum Gasteiger partial charge on any atom is 0.256 e. The minimum absolute atomic E-state index is 0.0449. The fourth-order valence-corrected chi connectivity index (χ4v) is 4.97. The number of amides is 2. The van der Waals surface area contributed by atoms with Crippen LogP contribution >= 0.6 is 0 Å². The number of hydrogen-bond acceptors (Lipinski definition) is 6. The van der Waals surface area contributed by atoms with Crippen molar-refractivity contribution in [1.29, 1.82) is 0 Å². The molecule has 0 bridgehead atoms. The second-order valence-corrected chi connectivity index (χ2v) is 10.8. The lowest BCUT2D eigenvalue weighted by Gasteiger charge is -2.54. The number of aromatic nitrogens is 4. The van der Waals surface area contributed by atoms with Gasteiger partial charge in [-0.05, 0) is 45.4 Å². The third kappa shape index (κ3) is 5.28. The Hall–Kier alpha value is -3.95. The Morgan fingerprint density at radius 2 is 1.86 bits per heavy atom. The number of likely N-dealkylation sites (tertiary alicyclic amines) is 1. The Balaban J connectivity index is 1.58. The summed E-state index contributed by atoms with van der Waals surface area (Å²) in [6, 6.07) is 8.70. The summed E-state index contributed by atoms with van der Waals surface area (Å²) >= 11 is 0. The molecule has 196 valence electrons. The second-order valence-electron chi connectivity index (χ2n) is 10.8. The molecule has 1 aliphatic heterocycles. The molecule has 10 heteroatoms. The summed E-state index contributed by atoms with van der Waals surface area (Å²) in [6.07, 6.45) is 1.87. The normalized spacial score (nSPS) is 16.5. The van der Waals surface area contributed by atoms with E-state index in [0.717, 1.165) is 11.3 Å². The van der Waals surface area contributed by atoms with Crippen molar-refractivity contribution >= 4 is 17.5 Å². The average molecular weight is 506 g/mol. The van der Waals surface area contributed by atoms with Crippen LogP contribution in [0.5, 0.6) is 0 Å². The molecule has 3 aromatic rings. The molecule has 2 amide bonds. The van der Waals surface area contributed by atoms with E-state index in [2.05, 4.69) is 29.5 Å². The van der Waals surface area contributed by atoms with Crippen LogP contribution in [0.2, 0.25) is 0 Å². The van der Waals surface area contributed by atoms with Gasteiger partial charge in [-0.25, -0.2) is 4.68 Å². The first-order valence-corrected chi connectivity index (χ1v) is 12.4. The first kappa shape index (κ1) is 26.1. The summed E-state index contributed by atoms with van der Waals surface area (Å²) in [5.41, 5.74) is 9.23. The molecule has 0 spiro atoms. The van der Waals surface area contributed by atoms with Crippen molar-refractivity contribution in [2.24, 2.45) is 5.41 Å². The number of nitrogens with one attached hydrogen (secondary N) is 1. The Morgan fingerprint density at radius 3 is 2.49 bits per heavy atom. The Morgan fingerprint density at radius 1 is 1.19 bits per heavy atom. The van der Waals surface area contributed by atoms with E-state index < -0.39 is 0 Å². The summed E-state index contributed by atoms with van der Waals surface area (Å²) in [5.74, 6) is -0.426. The summed E-state index contributed by atoms with van der Waals surface area (Å²) in [6.45, 7) is 12.4. The minimum Gasteiger partial charge on any atom is -0.399 e. The van der Waals surface area contributed by atoms with Gasteiger partial charge in [0.2, 0.25) is 5.91 Å². The van der Waals surface area contributed by atoms with Gasteiger partial charge in [-0.1, -0.05) is 31.2 Å². The van der Waals surface area contributed by atoms with Gasteiger partial charge in [0.05, 0.1) is 24.3 Å². The van der Waals surface area contributed by atoms with Gasteiger partial charge in [0, 0.05) is 41.0 Å². The number of carbonyl (C=O) groups excluding carboxylic acids is 2. The van der Waals surface area contributed by atoms with Gasteiger partial charge < -0.3 is 20.5 Å². The first-order chi connectivity index (χ1) is 17.4. The van der Waals surface area contributed by atoms with Crippen LogP contribution in [0.3, 0.4) is 0 Å². The molecule has 10 nitrogen and oxygen atoms in total. The third-order valence-electron chi connectivity index (χ3n) is 6.95. The van der Waals surface area contributed by atoms with Crippen LogP contribution in [0.25, 0.3) is 11.3 Å². The van der Waals surface area contributed by atoms with Crippen molar-refractivity contribution in [3.05, 3.63) is 63.7 Å². The monoisotopic (exact) mass is 505 g/mol. The lowest BCUT2D eigenvalue weighted by Crippen LogP contribution is -2.65. The van der Waals surface area contributed by atoms with Gasteiger partial charge in [-0.2, -0.15) is 0 Å². The standard InChI is InChI=1S/C27H35N7O3/c1-16(2)29-23(35)14-33-18(4)25(17(3)11-24(33)36)26(37)34-15-27(5,6)22(34)13-32-12-21(30-31-32)19-7-9-20(28)10-8-19/h7-12,16,22H,13-15,28H2,1-6H3,(H,29,35). The largest absolute Gasteiger partial charge is 0.399 e. The van der Waals surface area contributed by atoms with E-state index in [1.165, 1.54) is 10.6 Å². The zero-order valence-electron chi connectivity index (χ0n) is 22.3. The van der Waals surface area contributed by atoms with Gasteiger partial charge in [0.15, 0.2) is 0 Å². The Kier molecular flexibility index (Phi) is 6.94. The Labute approximate surface area is 216 Å². The molecule has 1 saturated heterocycles. The van der Waals surface area contributed by atoms with E-state index >= 15 is 0 Å². The number of rotatable bonds is 7. The van der Waals surface area contributed by atoms with Gasteiger partial charge in [0.1, 0.15) is 12.2 Å². The van der Waals surface area contributed by atoms with E-state index in [4.69, 9.17) is 5.73 Å². The lowest BCUT2D eigenvalue weighted by molar-refractivity contribution is -0.122. The summed E-state index contributed by atoms with van der Waals surface area (Å²) in [7, 11) is 0. The molecule has 4 rings (SSSR count). The highest BCUT2D eigenvalue weighted by molar-refractivity contribution is 5.97. The van der Waals surface area contributed by atoms with Crippen molar-refractivity contribution in [2.75, 3.05) is 12.3 Å². The number of aryl methyl sites for hydroxylation is 1. The number of nitrogens with two attached hydrogens (primary N) is 1. The van der Waals surface area contributed by atoms with Crippen molar-refractivity contribution in [2.45, 2.75) is 66.7 Å². The number of benzene rings is 1. The zero-order chi connectivity index (χ0) is 27.1. The van der Waals surface area contributed by atoms with Crippen LogP contribution in [0, 0.1) is 19.3 Å². The van der Waals surface area contributed by atoms with Crippen LogP contribution in [0.4, 0.5) is 5.69 Å². The number of pyridine rings is 1. The Bertz CT molecular complexity index is 1390. The molecule has 1 unspecified atom stereocenters. The maximum atomic E-state index is 13.8. The van der Waals surface area contributed by atoms with E-state index in [9.17, 15) is 14.4 Å². The highest BCUT2D eigenvalue weighted by Crippen LogP contribution is 2.39. The number of nitrogen functional groups attached to an aromatic ring is 1. The van der Waals surface area contributed by atoms with Gasteiger partial charge in [-0.15, -0.1) is 5.10 Å². The molecular weight excluding hydrogens is 470 g/mol. The van der Waals surface area contributed by atoms with Crippen molar-refractivity contribution < 1.29 is 9.59 Å². The number of hydrogen-bond donors (Lipinski definition) is 2. The van der Waals surface area contributed by atoms with Crippen LogP contribution in [0.1, 0.15) is 49.3 Å². The van der Waals surface area contributed by atoms with Gasteiger partial charge >= 0.3 is 0 Å². The maximum absolute atomic E-state index is 13.8. The van der Waals surface area contributed by atoms with E-state index in [0.29, 0.717) is 35.6 Å². The van der Waals surface area contributed by atoms with Crippen molar-refractivity contribution in [3.8, 4) is 11.3 Å². The topological polar surface area (TPSA) is 128 Å². The SMILES string of the molecule is Cc1cc(=O)n(CC(=O)NC(C)C)c(C)c1C(=O)N1CC(C)(C)C1Cn1cc(-c2ccc(N)cc2)nn1. The molecule has 1 fully saturated rings. The predicted octanol–water partition coefficient (Wildman–Crippen LogP) is 2.38. The third-order valence-corrected chi connectivity index (χ3v) is 6.95. The minimum atomic E-state index is -0.302. The summed E-state index contributed by atoms with van der Waals surface area (Å²) in [4.78, 5) is 40.7. The number of carbonyl (C=O) groups is 2. The molecule has 0 radical (unpaired) electrons. The van der Waals surface area contributed by atoms with Crippen molar-refractivity contribution in [3.63, 3.8) is 0 Å². The molecule has 1 aromatic carbocycles. The van der Waals surface area contributed by atoms with Crippen LogP contribution in [0.15, 0.2) is 41.3 Å². The molecule has 3 heterocycles. The van der Waals surface area contributed by atoms with Gasteiger partial charge in [-0.3, -0.25) is 14.4 Å². The zero-order valence-corrected chi connectivity index (χ0v) is 22.3. The fourth-order valence-electron chi connectivity index (χ4n) is 4.97. The summed E-state index contributed by atoms with van der Waals surface area (Å²) < 4.78 is 3.13.